The monoisotopic (exact) mass is 397 g/mol. The quantitative estimate of drug-likeness (QED) is 0.703. The second-order valence-electron chi connectivity index (χ2n) is 7.66. The maximum atomic E-state index is 12.1. The molecule has 6 nitrogen and oxygen atoms in total. The highest BCUT2D eigenvalue weighted by Gasteiger charge is 2.15. The summed E-state index contributed by atoms with van der Waals surface area (Å²) in [7, 11) is 0. The Hall–Kier alpha value is -3.15. The smallest absolute Gasteiger partial charge is 0.338 e. The molecule has 0 heterocycles. The average Bonchev–Trinajstić information content (AvgIpc) is 2.70. The molecule has 0 aliphatic heterocycles. The number of hydrogen-bond donors (Lipinski definition) is 1. The molecule has 0 aliphatic carbocycles. The van der Waals surface area contributed by atoms with Crippen LogP contribution in [0.2, 0.25) is 0 Å². The number of esters is 2. The molecule has 2 aromatic carbocycles. The first-order valence-electron chi connectivity index (χ1n) is 9.55. The lowest BCUT2D eigenvalue weighted by molar-refractivity contribution is -0.119. The van der Waals surface area contributed by atoms with E-state index in [4.69, 9.17) is 9.47 Å². The van der Waals surface area contributed by atoms with Crippen LogP contribution >= 0.6 is 0 Å². The lowest BCUT2D eigenvalue weighted by Gasteiger charge is -2.18. The van der Waals surface area contributed by atoms with Crippen LogP contribution in [-0.4, -0.2) is 31.1 Å². The highest BCUT2D eigenvalue weighted by molar-refractivity contribution is 5.96. The molecule has 0 saturated carbocycles. The Morgan fingerprint density at radius 3 is 1.86 bits per heavy atom. The maximum Gasteiger partial charge on any atom is 0.338 e. The van der Waals surface area contributed by atoms with Gasteiger partial charge in [0.25, 0.3) is 5.91 Å². The molecule has 0 saturated heterocycles. The van der Waals surface area contributed by atoms with Crippen molar-refractivity contribution in [3.8, 4) is 0 Å². The van der Waals surface area contributed by atoms with Gasteiger partial charge >= 0.3 is 11.9 Å². The number of benzene rings is 2. The molecule has 0 fully saturated rings. The van der Waals surface area contributed by atoms with Gasteiger partial charge in [0.2, 0.25) is 0 Å². The minimum absolute atomic E-state index is 0.00932. The predicted octanol–water partition coefficient (Wildman–Crippen LogP) is 4.35. The number of anilines is 1. The van der Waals surface area contributed by atoms with Gasteiger partial charge in [-0.15, -0.1) is 0 Å². The third-order valence-electron chi connectivity index (χ3n) is 4.16. The van der Waals surface area contributed by atoms with Gasteiger partial charge in [-0.25, -0.2) is 9.59 Å². The van der Waals surface area contributed by atoms with Gasteiger partial charge in [0.1, 0.15) is 0 Å². The molecule has 154 valence electrons. The molecule has 1 N–H and O–H groups in total. The summed E-state index contributed by atoms with van der Waals surface area (Å²) in [6.45, 7) is 8.14. The SMILES string of the molecule is CCCOC(=O)c1ccc(NC(=O)COC(=O)c2ccc(C(C)(C)C)cc2)cc1. The number of nitrogens with one attached hydrogen (secondary N) is 1. The van der Waals surface area contributed by atoms with E-state index < -0.39 is 24.5 Å². The van der Waals surface area contributed by atoms with Gasteiger partial charge in [0, 0.05) is 5.69 Å². The summed E-state index contributed by atoms with van der Waals surface area (Å²) in [5, 5.41) is 2.62. The van der Waals surface area contributed by atoms with Crippen molar-refractivity contribution in [2.75, 3.05) is 18.5 Å². The van der Waals surface area contributed by atoms with E-state index >= 15 is 0 Å². The van der Waals surface area contributed by atoms with Crippen LogP contribution in [0.3, 0.4) is 0 Å². The summed E-state index contributed by atoms with van der Waals surface area (Å²) >= 11 is 0. The molecule has 2 rings (SSSR count). The Bertz CT molecular complexity index is 848. The fourth-order valence-electron chi connectivity index (χ4n) is 2.49. The van der Waals surface area contributed by atoms with Gasteiger partial charge < -0.3 is 14.8 Å². The maximum absolute atomic E-state index is 12.1. The molecule has 0 atom stereocenters. The number of rotatable bonds is 7. The molecule has 2 aromatic rings. The third kappa shape index (κ3) is 6.75. The Morgan fingerprint density at radius 2 is 1.34 bits per heavy atom. The summed E-state index contributed by atoms with van der Waals surface area (Å²) in [5.41, 5.74) is 2.38. The molecule has 0 spiro atoms. The van der Waals surface area contributed by atoms with Crippen molar-refractivity contribution < 1.29 is 23.9 Å². The molecular weight excluding hydrogens is 370 g/mol. The van der Waals surface area contributed by atoms with E-state index in [0.29, 0.717) is 23.4 Å². The number of amides is 1. The van der Waals surface area contributed by atoms with E-state index in [1.54, 1.807) is 36.4 Å². The molecule has 0 aliphatic rings. The Morgan fingerprint density at radius 1 is 0.828 bits per heavy atom. The van der Waals surface area contributed by atoms with E-state index in [9.17, 15) is 14.4 Å². The zero-order valence-electron chi connectivity index (χ0n) is 17.3. The van der Waals surface area contributed by atoms with Gasteiger partial charge in [0.15, 0.2) is 6.61 Å². The van der Waals surface area contributed by atoms with Crippen LogP contribution in [-0.2, 0) is 19.7 Å². The van der Waals surface area contributed by atoms with Crippen LogP contribution in [0.4, 0.5) is 5.69 Å². The fraction of sp³-hybridized carbons (Fsp3) is 0.348. The fourth-order valence-corrected chi connectivity index (χ4v) is 2.49. The van der Waals surface area contributed by atoms with Gasteiger partial charge in [-0.05, 0) is 53.8 Å². The summed E-state index contributed by atoms with van der Waals surface area (Å²) in [6.07, 6.45) is 0.749. The number of carbonyl (C=O) groups is 3. The molecule has 1 amide bonds. The first-order valence-corrected chi connectivity index (χ1v) is 9.55. The van der Waals surface area contributed by atoms with Crippen LogP contribution in [0.15, 0.2) is 48.5 Å². The second-order valence-corrected chi connectivity index (χ2v) is 7.66. The van der Waals surface area contributed by atoms with E-state index in [-0.39, 0.29) is 5.41 Å². The van der Waals surface area contributed by atoms with Crippen molar-refractivity contribution in [3.05, 3.63) is 65.2 Å². The van der Waals surface area contributed by atoms with Gasteiger partial charge in [-0.3, -0.25) is 4.79 Å². The van der Waals surface area contributed by atoms with Crippen LogP contribution in [0, 0.1) is 0 Å². The Kier molecular flexibility index (Phi) is 7.53. The first kappa shape index (κ1) is 22.1. The minimum Gasteiger partial charge on any atom is -0.462 e. The van der Waals surface area contributed by atoms with Crippen LogP contribution in [0.25, 0.3) is 0 Å². The van der Waals surface area contributed by atoms with Crippen molar-refractivity contribution in [1.82, 2.24) is 0 Å². The largest absolute Gasteiger partial charge is 0.462 e. The van der Waals surface area contributed by atoms with E-state index in [2.05, 4.69) is 26.1 Å². The Labute approximate surface area is 171 Å². The van der Waals surface area contributed by atoms with Crippen LogP contribution < -0.4 is 5.32 Å². The second kappa shape index (κ2) is 9.87. The molecule has 0 radical (unpaired) electrons. The number of ether oxygens (including phenoxy) is 2. The third-order valence-corrected chi connectivity index (χ3v) is 4.16. The highest BCUT2D eigenvalue weighted by atomic mass is 16.5. The summed E-state index contributed by atoms with van der Waals surface area (Å²) in [5.74, 6) is -1.43. The van der Waals surface area contributed by atoms with Gasteiger partial charge in [-0.1, -0.05) is 39.8 Å². The van der Waals surface area contributed by atoms with E-state index in [1.807, 2.05) is 19.1 Å². The van der Waals surface area contributed by atoms with E-state index in [0.717, 1.165) is 12.0 Å². The first-order chi connectivity index (χ1) is 13.7. The molecule has 0 aromatic heterocycles. The molecule has 0 bridgehead atoms. The average molecular weight is 397 g/mol. The summed E-state index contributed by atoms with van der Waals surface area (Å²) in [4.78, 5) is 35.9. The van der Waals surface area contributed by atoms with Crippen molar-refractivity contribution >= 4 is 23.5 Å². The molecule has 0 unspecified atom stereocenters. The molecule has 29 heavy (non-hydrogen) atoms. The van der Waals surface area contributed by atoms with Gasteiger partial charge in [-0.2, -0.15) is 0 Å². The molecule has 6 heteroatoms. The predicted molar refractivity (Wildman–Crippen MR) is 111 cm³/mol. The standard InChI is InChI=1S/C23H27NO5/c1-5-14-28-21(26)17-8-12-19(13-9-17)24-20(25)15-29-22(27)16-6-10-18(11-7-16)23(2,3)4/h6-13H,5,14-15H2,1-4H3,(H,24,25). The zero-order valence-corrected chi connectivity index (χ0v) is 17.3. The van der Waals surface area contributed by atoms with Crippen molar-refractivity contribution in [1.29, 1.82) is 0 Å². The van der Waals surface area contributed by atoms with Crippen molar-refractivity contribution in [2.45, 2.75) is 39.5 Å². The summed E-state index contributed by atoms with van der Waals surface area (Å²) in [6, 6.07) is 13.5. The number of carbonyl (C=O) groups excluding carboxylic acids is 3. The van der Waals surface area contributed by atoms with Crippen molar-refractivity contribution in [2.24, 2.45) is 0 Å². The van der Waals surface area contributed by atoms with Crippen LogP contribution in [0.1, 0.15) is 60.4 Å². The topological polar surface area (TPSA) is 81.7 Å². The zero-order chi connectivity index (χ0) is 21.4. The lowest BCUT2D eigenvalue weighted by Crippen LogP contribution is -2.21. The minimum atomic E-state index is -0.561. The van der Waals surface area contributed by atoms with Crippen molar-refractivity contribution in [3.63, 3.8) is 0 Å². The highest BCUT2D eigenvalue weighted by Crippen LogP contribution is 2.22. The molecular formula is C23H27NO5. The Balaban J connectivity index is 1.84. The van der Waals surface area contributed by atoms with E-state index in [1.165, 1.54) is 0 Å². The van der Waals surface area contributed by atoms with Crippen LogP contribution in [0.5, 0.6) is 0 Å². The van der Waals surface area contributed by atoms with Gasteiger partial charge in [0.05, 0.1) is 17.7 Å². The normalized spacial score (nSPS) is 10.9. The number of hydrogen-bond acceptors (Lipinski definition) is 5. The summed E-state index contributed by atoms with van der Waals surface area (Å²) < 4.78 is 10.1. The lowest BCUT2D eigenvalue weighted by atomic mass is 9.87.